The summed E-state index contributed by atoms with van der Waals surface area (Å²) in [7, 11) is 5.30. The van der Waals surface area contributed by atoms with Gasteiger partial charge in [-0.1, -0.05) is 0 Å². The maximum Gasteiger partial charge on any atom is 0.223 e. The van der Waals surface area contributed by atoms with Gasteiger partial charge in [-0.2, -0.15) is 11.8 Å². The van der Waals surface area contributed by atoms with Gasteiger partial charge in [0.2, 0.25) is 5.91 Å². The standard InChI is InChI=1S/C12H24N4OS/c1-13-12(14-7-6-11(17)16(2)3)15-9-10-5-4-8-18-10/h10H,4-9H2,1-3H3,(H2,13,14,15). The first-order valence-corrected chi connectivity index (χ1v) is 7.44. The molecule has 0 saturated carbocycles. The summed E-state index contributed by atoms with van der Waals surface area (Å²) >= 11 is 2.02. The number of nitrogens with zero attached hydrogens (tertiary/aromatic N) is 2. The van der Waals surface area contributed by atoms with Gasteiger partial charge in [0.15, 0.2) is 5.96 Å². The normalized spacial score (nSPS) is 19.7. The molecule has 1 unspecified atom stereocenters. The van der Waals surface area contributed by atoms with E-state index in [9.17, 15) is 4.79 Å². The lowest BCUT2D eigenvalue weighted by Gasteiger charge is -2.15. The van der Waals surface area contributed by atoms with E-state index in [1.54, 1.807) is 26.0 Å². The zero-order valence-electron chi connectivity index (χ0n) is 11.5. The van der Waals surface area contributed by atoms with E-state index in [0.717, 1.165) is 12.5 Å². The summed E-state index contributed by atoms with van der Waals surface area (Å²) in [5.41, 5.74) is 0. The molecule has 0 aromatic heterocycles. The topological polar surface area (TPSA) is 56.7 Å². The predicted octanol–water partition coefficient (Wildman–Crippen LogP) is 0.525. The first-order valence-electron chi connectivity index (χ1n) is 6.39. The summed E-state index contributed by atoms with van der Waals surface area (Å²) in [6.45, 7) is 1.57. The van der Waals surface area contributed by atoms with Crippen molar-refractivity contribution in [3.05, 3.63) is 0 Å². The van der Waals surface area contributed by atoms with Gasteiger partial charge in [0.05, 0.1) is 0 Å². The second kappa shape index (κ2) is 8.24. The Kier molecular flexibility index (Phi) is 6.93. The van der Waals surface area contributed by atoms with Crippen molar-refractivity contribution in [3.63, 3.8) is 0 Å². The van der Waals surface area contributed by atoms with Crippen molar-refractivity contribution in [2.24, 2.45) is 4.99 Å². The molecule has 6 heteroatoms. The molecule has 0 spiro atoms. The molecule has 1 rings (SSSR count). The molecule has 1 heterocycles. The smallest absolute Gasteiger partial charge is 0.223 e. The van der Waals surface area contributed by atoms with Crippen molar-refractivity contribution in [3.8, 4) is 0 Å². The third-order valence-electron chi connectivity index (χ3n) is 2.87. The summed E-state index contributed by atoms with van der Waals surface area (Å²) in [5.74, 6) is 2.19. The van der Waals surface area contributed by atoms with Crippen molar-refractivity contribution >= 4 is 23.6 Å². The van der Waals surface area contributed by atoms with Crippen LogP contribution in [0.1, 0.15) is 19.3 Å². The first-order chi connectivity index (χ1) is 8.63. The van der Waals surface area contributed by atoms with Gasteiger partial charge in [-0.05, 0) is 18.6 Å². The molecular formula is C12H24N4OS. The van der Waals surface area contributed by atoms with Gasteiger partial charge in [-0.3, -0.25) is 9.79 Å². The van der Waals surface area contributed by atoms with Crippen LogP contribution in [0.25, 0.3) is 0 Å². The van der Waals surface area contributed by atoms with E-state index in [4.69, 9.17) is 0 Å². The number of aliphatic imine (C=N–C) groups is 1. The molecule has 0 radical (unpaired) electrons. The lowest BCUT2D eigenvalue weighted by Crippen LogP contribution is -2.41. The van der Waals surface area contributed by atoms with Crippen LogP contribution in [-0.2, 0) is 4.79 Å². The van der Waals surface area contributed by atoms with E-state index in [1.165, 1.54) is 18.6 Å². The highest BCUT2D eigenvalue weighted by molar-refractivity contribution is 8.00. The van der Waals surface area contributed by atoms with Crippen molar-refractivity contribution in [1.29, 1.82) is 0 Å². The summed E-state index contributed by atoms with van der Waals surface area (Å²) in [6, 6.07) is 0. The molecule has 1 saturated heterocycles. The molecule has 0 aliphatic carbocycles. The van der Waals surface area contributed by atoms with Gasteiger partial charge in [-0.25, -0.2) is 0 Å². The molecule has 2 N–H and O–H groups in total. The van der Waals surface area contributed by atoms with Crippen LogP contribution < -0.4 is 10.6 Å². The molecule has 1 fully saturated rings. The SMILES string of the molecule is CN=C(NCCC(=O)N(C)C)NCC1CCCS1. The average Bonchev–Trinajstić information content (AvgIpc) is 2.86. The van der Waals surface area contributed by atoms with E-state index < -0.39 is 0 Å². The summed E-state index contributed by atoms with van der Waals surface area (Å²) < 4.78 is 0. The van der Waals surface area contributed by atoms with Crippen LogP contribution in [0.5, 0.6) is 0 Å². The second-order valence-electron chi connectivity index (χ2n) is 4.55. The predicted molar refractivity (Wildman–Crippen MR) is 78.2 cm³/mol. The van der Waals surface area contributed by atoms with Gasteiger partial charge in [0, 0.05) is 45.9 Å². The number of thioether (sulfide) groups is 1. The Morgan fingerprint density at radius 2 is 2.22 bits per heavy atom. The summed E-state index contributed by atoms with van der Waals surface area (Å²) in [6.07, 6.45) is 3.10. The van der Waals surface area contributed by atoms with Crippen molar-refractivity contribution < 1.29 is 4.79 Å². The summed E-state index contributed by atoms with van der Waals surface area (Å²) in [4.78, 5) is 17.2. The molecule has 1 atom stereocenters. The maximum absolute atomic E-state index is 11.4. The number of nitrogens with one attached hydrogen (secondary N) is 2. The Labute approximate surface area is 114 Å². The quantitative estimate of drug-likeness (QED) is 0.566. The van der Waals surface area contributed by atoms with E-state index in [2.05, 4.69) is 15.6 Å². The lowest BCUT2D eigenvalue weighted by molar-refractivity contribution is -0.128. The molecule has 1 amide bonds. The first kappa shape index (κ1) is 15.1. The van der Waals surface area contributed by atoms with Crippen LogP contribution in [0, 0.1) is 0 Å². The van der Waals surface area contributed by atoms with Crippen LogP contribution in [-0.4, -0.2) is 62.0 Å². The minimum Gasteiger partial charge on any atom is -0.356 e. The number of carbonyl (C=O) groups excluding carboxylic acids is 1. The minimum atomic E-state index is 0.129. The van der Waals surface area contributed by atoms with Crippen LogP contribution in [0.4, 0.5) is 0 Å². The molecule has 5 nitrogen and oxygen atoms in total. The lowest BCUT2D eigenvalue weighted by atomic mass is 10.2. The fraction of sp³-hybridized carbons (Fsp3) is 0.833. The zero-order chi connectivity index (χ0) is 13.4. The molecule has 0 aromatic carbocycles. The number of hydrogen-bond acceptors (Lipinski definition) is 3. The minimum absolute atomic E-state index is 0.129. The maximum atomic E-state index is 11.4. The van der Waals surface area contributed by atoms with Gasteiger partial charge < -0.3 is 15.5 Å². The second-order valence-corrected chi connectivity index (χ2v) is 5.96. The van der Waals surface area contributed by atoms with Crippen LogP contribution in [0.2, 0.25) is 0 Å². The van der Waals surface area contributed by atoms with Crippen LogP contribution in [0.15, 0.2) is 4.99 Å². The number of rotatable bonds is 5. The number of hydrogen-bond donors (Lipinski definition) is 2. The Bertz CT molecular complexity index is 288. The monoisotopic (exact) mass is 272 g/mol. The number of amides is 1. The van der Waals surface area contributed by atoms with Crippen LogP contribution in [0.3, 0.4) is 0 Å². The summed E-state index contributed by atoms with van der Waals surface area (Å²) in [5, 5.41) is 7.17. The van der Waals surface area contributed by atoms with Gasteiger partial charge in [0.25, 0.3) is 0 Å². The number of carbonyl (C=O) groups is 1. The van der Waals surface area contributed by atoms with E-state index in [-0.39, 0.29) is 5.91 Å². The largest absolute Gasteiger partial charge is 0.356 e. The third kappa shape index (κ3) is 5.62. The Hall–Kier alpha value is -0.910. The van der Waals surface area contributed by atoms with Crippen molar-refractivity contribution in [1.82, 2.24) is 15.5 Å². The van der Waals surface area contributed by atoms with Gasteiger partial charge >= 0.3 is 0 Å². The van der Waals surface area contributed by atoms with Crippen LogP contribution >= 0.6 is 11.8 Å². The van der Waals surface area contributed by atoms with E-state index >= 15 is 0 Å². The molecule has 18 heavy (non-hydrogen) atoms. The number of guanidine groups is 1. The van der Waals surface area contributed by atoms with E-state index in [1.807, 2.05) is 11.8 Å². The van der Waals surface area contributed by atoms with Crippen molar-refractivity contribution in [2.45, 2.75) is 24.5 Å². The third-order valence-corrected chi connectivity index (χ3v) is 4.27. The molecule has 104 valence electrons. The fourth-order valence-electron chi connectivity index (χ4n) is 1.75. The molecule has 0 bridgehead atoms. The van der Waals surface area contributed by atoms with Gasteiger partial charge in [-0.15, -0.1) is 0 Å². The molecule has 0 aromatic rings. The highest BCUT2D eigenvalue weighted by Gasteiger charge is 2.15. The average molecular weight is 272 g/mol. The van der Waals surface area contributed by atoms with Crippen molar-refractivity contribution in [2.75, 3.05) is 40.0 Å². The highest BCUT2D eigenvalue weighted by atomic mass is 32.2. The molecule has 1 aliphatic rings. The Morgan fingerprint density at radius 3 is 2.78 bits per heavy atom. The van der Waals surface area contributed by atoms with E-state index in [0.29, 0.717) is 18.2 Å². The molecular weight excluding hydrogens is 248 g/mol. The fourth-order valence-corrected chi connectivity index (χ4v) is 2.95. The highest BCUT2D eigenvalue weighted by Crippen LogP contribution is 2.25. The zero-order valence-corrected chi connectivity index (χ0v) is 12.3. The Balaban J connectivity index is 2.15. The molecule has 1 aliphatic heterocycles. The van der Waals surface area contributed by atoms with Gasteiger partial charge in [0.1, 0.15) is 0 Å². The Morgan fingerprint density at radius 1 is 1.44 bits per heavy atom.